The summed E-state index contributed by atoms with van der Waals surface area (Å²) in [7, 11) is 0. The summed E-state index contributed by atoms with van der Waals surface area (Å²) in [6.45, 7) is 0.0631. The molecule has 13 heavy (non-hydrogen) atoms. The number of pyridine rings is 1. The molecule has 66 valence electrons. The topological polar surface area (TPSA) is 91.8 Å². The van der Waals surface area contributed by atoms with Gasteiger partial charge in [-0.1, -0.05) is 0 Å². The molecular formula is C8H8N4O. The average Bonchev–Trinajstić information content (AvgIpc) is 2.15. The van der Waals surface area contributed by atoms with Gasteiger partial charge in [0.05, 0.1) is 18.4 Å². The van der Waals surface area contributed by atoms with Crippen LogP contribution >= 0.6 is 0 Å². The number of rotatable bonds is 3. The summed E-state index contributed by atoms with van der Waals surface area (Å²) in [4.78, 5) is 14.2. The van der Waals surface area contributed by atoms with Gasteiger partial charge in [-0.05, 0) is 12.1 Å². The molecule has 1 rings (SSSR count). The summed E-state index contributed by atoms with van der Waals surface area (Å²) in [5.41, 5.74) is 5.92. The lowest BCUT2D eigenvalue weighted by Crippen LogP contribution is -2.21. The molecule has 0 fully saturated rings. The highest BCUT2D eigenvalue weighted by atomic mass is 16.1. The van der Waals surface area contributed by atoms with Gasteiger partial charge in [0.1, 0.15) is 11.8 Å². The summed E-state index contributed by atoms with van der Waals surface area (Å²) >= 11 is 0. The van der Waals surface area contributed by atoms with E-state index in [9.17, 15) is 4.79 Å². The first-order chi connectivity index (χ1) is 6.22. The Balaban J connectivity index is 2.60. The highest BCUT2D eigenvalue weighted by Crippen LogP contribution is 2.04. The predicted molar refractivity (Wildman–Crippen MR) is 46.6 cm³/mol. The van der Waals surface area contributed by atoms with Crippen molar-refractivity contribution in [2.45, 2.75) is 0 Å². The van der Waals surface area contributed by atoms with Crippen molar-refractivity contribution < 1.29 is 4.79 Å². The van der Waals surface area contributed by atoms with Crippen LogP contribution in [0.2, 0.25) is 0 Å². The van der Waals surface area contributed by atoms with Gasteiger partial charge in [0.2, 0.25) is 5.91 Å². The molecular weight excluding hydrogens is 168 g/mol. The highest BCUT2D eigenvalue weighted by molar-refractivity contribution is 5.78. The Kier molecular flexibility index (Phi) is 2.82. The molecule has 0 radical (unpaired) electrons. The molecule has 1 amide bonds. The zero-order chi connectivity index (χ0) is 9.68. The number of aromatic nitrogens is 1. The largest absolute Gasteiger partial charge is 0.375 e. The third-order valence-corrected chi connectivity index (χ3v) is 1.34. The fourth-order valence-corrected chi connectivity index (χ4v) is 0.754. The number of carbonyl (C=O) groups is 1. The van der Waals surface area contributed by atoms with Crippen LogP contribution in [0.4, 0.5) is 5.69 Å². The molecule has 0 aromatic carbocycles. The number of nitrogens with two attached hydrogens (primary N) is 1. The lowest BCUT2D eigenvalue weighted by atomic mass is 10.3. The number of hydrogen-bond donors (Lipinski definition) is 2. The fourth-order valence-electron chi connectivity index (χ4n) is 0.754. The molecule has 0 spiro atoms. The molecule has 1 aromatic heterocycles. The van der Waals surface area contributed by atoms with Gasteiger partial charge in [-0.3, -0.25) is 4.79 Å². The summed E-state index contributed by atoms with van der Waals surface area (Å²) in [5.74, 6) is -0.440. The maximum Gasteiger partial charge on any atom is 0.236 e. The van der Waals surface area contributed by atoms with Gasteiger partial charge >= 0.3 is 0 Å². The molecule has 0 aliphatic carbocycles. The molecule has 1 aromatic rings. The monoisotopic (exact) mass is 176 g/mol. The van der Waals surface area contributed by atoms with Gasteiger partial charge in [-0.15, -0.1) is 0 Å². The quantitative estimate of drug-likeness (QED) is 0.669. The standard InChI is InChI=1S/C8H8N4O/c9-3-6-1-2-7(4-11-6)12-5-8(10)13/h1-2,4,12H,5H2,(H2,10,13). The smallest absolute Gasteiger partial charge is 0.236 e. The Bertz CT molecular complexity index is 338. The molecule has 0 atom stereocenters. The van der Waals surface area contributed by atoms with E-state index in [-0.39, 0.29) is 6.54 Å². The van der Waals surface area contributed by atoms with Gasteiger partial charge in [-0.2, -0.15) is 5.26 Å². The first-order valence-corrected chi connectivity index (χ1v) is 3.60. The normalized spacial score (nSPS) is 8.85. The zero-order valence-electron chi connectivity index (χ0n) is 6.82. The van der Waals surface area contributed by atoms with Crippen LogP contribution in [0.5, 0.6) is 0 Å². The molecule has 3 N–H and O–H groups in total. The molecule has 0 saturated heterocycles. The molecule has 0 bridgehead atoms. The minimum Gasteiger partial charge on any atom is -0.375 e. The average molecular weight is 176 g/mol. The number of anilines is 1. The molecule has 5 heteroatoms. The van der Waals surface area contributed by atoms with Crippen molar-refractivity contribution in [3.8, 4) is 6.07 Å². The van der Waals surface area contributed by atoms with Crippen molar-refractivity contribution in [1.82, 2.24) is 4.98 Å². The number of primary amides is 1. The second kappa shape index (κ2) is 4.07. The van der Waals surface area contributed by atoms with Gasteiger partial charge in [0.15, 0.2) is 0 Å². The number of nitrogens with zero attached hydrogens (tertiary/aromatic N) is 2. The van der Waals surface area contributed by atoms with E-state index < -0.39 is 5.91 Å². The Labute approximate surface area is 75.2 Å². The first-order valence-electron chi connectivity index (χ1n) is 3.60. The van der Waals surface area contributed by atoms with E-state index in [2.05, 4.69) is 10.3 Å². The van der Waals surface area contributed by atoms with Gasteiger partial charge in [-0.25, -0.2) is 4.98 Å². The second-order valence-corrected chi connectivity index (χ2v) is 2.36. The SMILES string of the molecule is N#Cc1ccc(NCC(N)=O)cn1. The second-order valence-electron chi connectivity index (χ2n) is 2.36. The molecule has 1 heterocycles. The van der Waals surface area contributed by atoms with Crippen molar-refractivity contribution in [3.63, 3.8) is 0 Å². The Morgan fingerprint density at radius 3 is 2.92 bits per heavy atom. The summed E-state index contributed by atoms with van der Waals surface area (Å²) in [5, 5.41) is 11.2. The summed E-state index contributed by atoms with van der Waals surface area (Å²) in [6.07, 6.45) is 1.47. The van der Waals surface area contributed by atoms with Crippen LogP contribution in [0.1, 0.15) is 5.69 Å². The maximum atomic E-state index is 10.4. The lowest BCUT2D eigenvalue weighted by molar-refractivity contribution is -0.116. The molecule has 0 saturated carbocycles. The fraction of sp³-hybridized carbons (Fsp3) is 0.125. The minimum atomic E-state index is -0.440. The van der Waals surface area contributed by atoms with Crippen LogP contribution in [0, 0.1) is 11.3 Å². The van der Waals surface area contributed by atoms with E-state index in [4.69, 9.17) is 11.0 Å². The zero-order valence-corrected chi connectivity index (χ0v) is 6.82. The van der Waals surface area contributed by atoms with Crippen molar-refractivity contribution >= 4 is 11.6 Å². The van der Waals surface area contributed by atoms with E-state index in [1.165, 1.54) is 6.20 Å². The van der Waals surface area contributed by atoms with E-state index in [0.29, 0.717) is 11.4 Å². The number of nitrogens with one attached hydrogen (secondary N) is 1. The third kappa shape index (κ3) is 2.79. The Morgan fingerprint density at radius 2 is 2.46 bits per heavy atom. The Hall–Kier alpha value is -2.09. The van der Waals surface area contributed by atoms with E-state index >= 15 is 0 Å². The van der Waals surface area contributed by atoms with Crippen LogP contribution < -0.4 is 11.1 Å². The number of nitriles is 1. The van der Waals surface area contributed by atoms with Crippen LogP contribution in [-0.4, -0.2) is 17.4 Å². The third-order valence-electron chi connectivity index (χ3n) is 1.34. The van der Waals surface area contributed by atoms with E-state index in [0.717, 1.165) is 0 Å². The van der Waals surface area contributed by atoms with Crippen LogP contribution in [0.15, 0.2) is 18.3 Å². The summed E-state index contributed by atoms with van der Waals surface area (Å²) < 4.78 is 0. The van der Waals surface area contributed by atoms with E-state index in [1.54, 1.807) is 12.1 Å². The first kappa shape index (κ1) is 9.00. The number of hydrogen-bond acceptors (Lipinski definition) is 4. The van der Waals surface area contributed by atoms with Crippen molar-refractivity contribution in [3.05, 3.63) is 24.0 Å². The van der Waals surface area contributed by atoms with Crippen molar-refractivity contribution in [2.75, 3.05) is 11.9 Å². The van der Waals surface area contributed by atoms with Gasteiger partial charge in [0, 0.05) is 0 Å². The molecule has 5 nitrogen and oxygen atoms in total. The van der Waals surface area contributed by atoms with Crippen LogP contribution in [-0.2, 0) is 4.79 Å². The number of carbonyl (C=O) groups excluding carboxylic acids is 1. The predicted octanol–water partition coefficient (Wildman–Crippen LogP) is -0.150. The van der Waals surface area contributed by atoms with Crippen LogP contribution in [0.25, 0.3) is 0 Å². The van der Waals surface area contributed by atoms with Gasteiger partial charge < -0.3 is 11.1 Å². The van der Waals surface area contributed by atoms with E-state index in [1.807, 2.05) is 6.07 Å². The van der Waals surface area contributed by atoms with Crippen molar-refractivity contribution in [2.24, 2.45) is 5.73 Å². The van der Waals surface area contributed by atoms with Crippen LogP contribution in [0.3, 0.4) is 0 Å². The molecule has 0 aliphatic heterocycles. The molecule has 0 aliphatic rings. The summed E-state index contributed by atoms with van der Waals surface area (Å²) in [6, 6.07) is 5.11. The Morgan fingerprint density at radius 1 is 1.69 bits per heavy atom. The maximum absolute atomic E-state index is 10.4. The molecule has 0 unspecified atom stereocenters. The van der Waals surface area contributed by atoms with Crippen molar-refractivity contribution in [1.29, 1.82) is 5.26 Å². The number of amides is 1. The van der Waals surface area contributed by atoms with Gasteiger partial charge in [0.25, 0.3) is 0 Å². The highest BCUT2D eigenvalue weighted by Gasteiger charge is 1.95. The lowest BCUT2D eigenvalue weighted by Gasteiger charge is -2.01. The minimum absolute atomic E-state index is 0.0631.